The van der Waals surface area contributed by atoms with Crippen molar-refractivity contribution in [3.05, 3.63) is 40.5 Å². The van der Waals surface area contributed by atoms with E-state index in [4.69, 9.17) is 4.74 Å². The number of unbranched alkanes of at least 4 members (excludes halogenated alkanes) is 2. The first kappa shape index (κ1) is 22.7. The summed E-state index contributed by atoms with van der Waals surface area (Å²) in [6, 6.07) is 4.42. The molecule has 2 rings (SSSR count). The van der Waals surface area contributed by atoms with Crippen LogP contribution in [0.1, 0.15) is 115 Å². The lowest BCUT2D eigenvalue weighted by Crippen LogP contribution is -2.21. The van der Waals surface area contributed by atoms with Gasteiger partial charge >= 0.3 is 5.97 Å². The molecule has 0 unspecified atom stereocenters. The van der Waals surface area contributed by atoms with E-state index in [2.05, 4.69) is 59.8 Å². The van der Waals surface area contributed by atoms with E-state index in [0.29, 0.717) is 24.2 Å². The normalized spacial score (nSPS) is 19.6. The third-order valence-corrected chi connectivity index (χ3v) is 6.19. The number of carbonyl (C=O) groups excluding carboxylic acids is 1. The summed E-state index contributed by atoms with van der Waals surface area (Å²) < 4.78 is 5.90. The Kier molecular flexibility index (Phi) is 8.79. The molecule has 0 N–H and O–H groups in total. The summed E-state index contributed by atoms with van der Waals surface area (Å²) in [5.74, 6) is 2.40. The molecular weight excluding hydrogens is 344 g/mol. The molecule has 3 atom stereocenters. The van der Waals surface area contributed by atoms with Crippen LogP contribution in [0.15, 0.2) is 23.8 Å². The summed E-state index contributed by atoms with van der Waals surface area (Å²) in [5, 5.41) is 0. The van der Waals surface area contributed by atoms with Gasteiger partial charge in [0, 0.05) is 12.0 Å². The maximum atomic E-state index is 12.4. The Bertz CT molecular complexity index is 682. The molecule has 0 radical (unpaired) electrons. The quantitative estimate of drug-likeness (QED) is 0.187. The number of benzene rings is 1. The molecule has 0 spiro atoms. The molecule has 0 fully saturated rings. The van der Waals surface area contributed by atoms with Crippen molar-refractivity contribution in [3.63, 3.8) is 0 Å². The molecule has 0 aromatic heterocycles. The van der Waals surface area contributed by atoms with Gasteiger partial charge < -0.3 is 4.74 Å². The van der Waals surface area contributed by atoms with Gasteiger partial charge in [-0.25, -0.2) is 0 Å². The van der Waals surface area contributed by atoms with Crippen LogP contribution in [-0.2, 0) is 4.79 Å². The number of allylic oxidation sites excluding steroid dienone is 2. The standard InChI is InChI=1S/C26H40O2/c1-7-8-9-13-25(27)28-24-17-19(4)16-23-22(15-14-21(6)26(23)24)20(5)12-10-11-18(2)3/h11,16-17,20-22H,7-10,12-15H2,1-6H3/t20-,21+,22-/m0/s1. The average Bonchev–Trinajstić information content (AvgIpc) is 2.61. The first-order chi connectivity index (χ1) is 13.3. The minimum atomic E-state index is -0.0767. The minimum Gasteiger partial charge on any atom is -0.426 e. The van der Waals surface area contributed by atoms with Gasteiger partial charge in [-0.3, -0.25) is 4.79 Å². The van der Waals surface area contributed by atoms with Crippen molar-refractivity contribution in [1.29, 1.82) is 0 Å². The van der Waals surface area contributed by atoms with E-state index in [-0.39, 0.29) is 5.97 Å². The number of carbonyl (C=O) groups is 1. The van der Waals surface area contributed by atoms with E-state index in [9.17, 15) is 4.79 Å². The summed E-state index contributed by atoms with van der Waals surface area (Å²) in [4.78, 5) is 12.4. The predicted octanol–water partition coefficient (Wildman–Crippen LogP) is 7.84. The maximum absolute atomic E-state index is 12.4. The van der Waals surface area contributed by atoms with E-state index in [1.165, 1.54) is 41.5 Å². The van der Waals surface area contributed by atoms with Crippen LogP contribution >= 0.6 is 0 Å². The molecule has 0 bridgehead atoms. The fourth-order valence-corrected chi connectivity index (χ4v) is 4.56. The van der Waals surface area contributed by atoms with Gasteiger partial charge in [0.05, 0.1) is 0 Å². The lowest BCUT2D eigenvalue weighted by atomic mass is 9.71. The topological polar surface area (TPSA) is 26.3 Å². The Morgan fingerprint density at radius 2 is 2.00 bits per heavy atom. The van der Waals surface area contributed by atoms with E-state index >= 15 is 0 Å². The van der Waals surface area contributed by atoms with Gasteiger partial charge in [0.25, 0.3) is 0 Å². The Labute approximate surface area is 172 Å². The second-order valence-corrected chi connectivity index (χ2v) is 9.12. The number of rotatable bonds is 9. The summed E-state index contributed by atoms with van der Waals surface area (Å²) in [6.45, 7) is 13.3. The van der Waals surface area contributed by atoms with Crippen molar-refractivity contribution in [3.8, 4) is 5.75 Å². The molecule has 1 aromatic carbocycles. The smallest absolute Gasteiger partial charge is 0.311 e. The molecule has 28 heavy (non-hydrogen) atoms. The van der Waals surface area contributed by atoms with E-state index in [1.807, 2.05) is 0 Å². The van der Waals surface area contributed by atoms with Crippen LogP contribution in [0, 0.1) is 12.8 Å². The largest absolute Gasteiger partial charge is 0.426 e. The highest BCUT2D eigenvalue weighted by atomic mass is 16.5. The van der Waals surface area contributed by atoms with Crippen LogP contribution in [0.2, 0.25) is 0 Å². The summed E-state index contributed by atoms with van der Waals surface area (Å²) >= 11 is 0. The lowest BCUT2D eigenvalue weighted by Gasteiger charge is -2.35. The molecule has 0 saturated heterocycles. The third-order valence-electron chi connectivity index (χ3n) is 6.19. The van der Waals surface area contributed by atoms with Gasteiger partial charge in [0.15, 0.2) is 0 Å². The molecule has 0 aliphatic heterocycles. The molecule has 0 heterocycles. The first-order valence-electron chi connectivity index (χ1n) is 11.3. The van der Waals surface area contributed by atoms with Crippen LogP contribution in [0.5, 0.6) is 5.75 Å². The summed E-state index contributed by atoms with van der Waals surface area (Å²) in [7, 11) is 0. The van der Waals surface area contributed by atoms with Crippen LogP contribution in [0.4, 0.5) is 0 Å². The zero-order chi connectivity index (χ0) is 20.7. The van der Waals surface area contributed by atoms with Crippen molar-refractivity contribution in [2.24, 2.45) is 5.92 Å². The fourth-order valence-electron chi connectivity index (χ4n) is 4.56. The van der Waals surface area contributed by atoms with Crippen molar-refractivity contribution in [1.82, 2.24) is 0 Å². The number of esters is 1. The highest BCUT2D eigenvalue weighted by Gasteiger charge is 2.31. The Balaban J connectivity index is 2.23. The molecule has 1 aromatic rings. The van der Waals surface area contributed by atoms with E-state index in [0.717, 1.165) is 31.4 Å². The van der Waals surface area contributed by atoms with Crippen molar-refractivity contribution >= 4 is 5.97 Å². The van der Waals surface area contributed by atoms with Crippen molar-refractivity contribution < 1.29 is 9.53 Å². The number of ether oxygens (including phenoxy) is 1. The first-order valence-corrected chi connectivity index (χ1v) is 11.3. The number of hydrogen-bond donors (Lipinski definition) is 0. The SMILES string of the molecule is CCCCCC(=O)Oc1cc(C)cc2c1[C@H](C)CC[C@H]2[C@@H](C)CCC=C(C)C. The van der Waals surface area contributed by atoms with E-state index in [1.54, 1.807) is 0 Å². The van der Waals surface area contributed by atoms with Crippen LogP contribution < -0.4 is 4.74 Å². The molecule has 0 saturated carbocycles. The van der Waals surface area contributed by atoms with Crippen molar-refractivity contribution in [2.75, 3.05) is 0 Å². The third kappa shape index (κ3) is 6.22. The highest BCUT2D eigenvalue weighted by molar-refractivity contribution is 5.73. The van der Waals surface area contributed by atoms with E-state index < -0.39 is 0 Å². The summed E-state index contributed by atoms with van der Waals surface area (Å²) in [5.41, 5.74) is 5.32. The Hall–Kier alpha value is -1.57. The summed E-state index contributed by atoms with van der Waals surface area (Å²) in [6.07, 6.45) is 10.8. The van der Waals surface area contributed by atoms with Crippen LogP contribution in [0.3, 0.4) is 0 Å². The van der Waals surface area contributed by atoms with Gasteiger partial charge in [-0.05, 0) is 87.8 Å². The maximum Gasteiger partial charge on any atom is 0.311 e. The monoisotopic (exact) mass is 384 g/mol. The van der Waals surface area contributed by atoms with Gasteiger partial charge in [-0.15, -0.1) is 0 Å². The molecule has 2 nitrogen and oxygen atoms in total. The number of aryl methyl sites for hydroxylation is 1. The van der Waals surface area contributed by atoms with Gasteiger partial charge in [-0.1, -0.05) is 51.3 Å². The Morgan fingerprint density at radius 1 is 1.25 bits per heavy atom. The van der Waals surface area contributed by atoms with Crippen molar-refractivity contribution in [2.45, 2.75) is 105 Å². The molecule has 1 aliphatic rings. The zero-order valence-electron chi connectivity index (χ0n) is 18.9. The molecule has 2 heteroatoms. The fraction of sp³-hybridized carbons (Fsp3) is 0.654. The highest BCUT2D eigenvalue weighted by Crippen LogP contribution is 2.47. The minimum absolute atomic E-state index is 0.0767. The number of fused-ring (bicyclic) bond motifs is 1. The number of hydrogen-bond acceptors (Lipinski definition) is 2. The second-order valence-electron chi connectivity index (χ2n) is 9.12. The molecule has 0 amide bonds. The van der Waals surface area contributed by atoms with Gasteiger partial charge in [0.1, 0.15) is 5.75 Å². The van der Waals surface area contributed by atoms with Gasteiger partial charge in [0.2, 0.25) is 0 Å². The molecule has 1 aliphatic carbocycles. The van der Waals surface area contributed by atoms with Crippen LogP contribution in [0.25, 0.3) is 0 Å². The predicted molar refractivity (Wildman–Crippen MR) is 119 cm³/mol. The lowest BCUT2D eigenvalue weighted by molar-refractivity contribution is -0.134. The molecule has 156 valence electrons. The molecular formula is C26H40O2. The zero-order valence-corrected chi connectivity index (χ0v) is 18.9. The average molecular weight is 385 g/mol. The second kappa shape index (κ2) is 10.8. The van der Waals surface area contributed by atoms with Gasteiger partial charge in [-0.2, -0.15) is 0 Å². The Morgan fingerprint density at radius 3 is 2.68 bits per heavy atom. The van der Waals surface area contributed by atoms with Crippen LogP contribution in [-0.4, -0.2) is 5.97 Å².